The maximum Gasteiger partial charge on any atom is 0.161 e. The van der Waals surface area contributed by atoms with Gasteiger partial charge in [0.1, 0.15) is 5.82 Å². The second-order valence-electron chi connectivity index (χ2n) is 3.78. The van der Waals surface area contributed by atoms with E-state index < -0.39 is 0 Å². The number of nitrogens with two attached hydrogens (primary N) is 1. The molecule has 0 atom stereocenters. The summed E-state index contributed by atoms with van der Waals surface area (Å²) in [6.07, 6.45) is 0. The molecule has 0 amide bonds. The Labute approximate surface area is 110 Å². The molecule has 7 heteroatoms. The Morgan fingerprint density at radius 1 is 1.47 bits per heavy atom. The molecule has 0 bridgehead atoms. The SMILES string of the molecule is CC(C)N(CCO)c1nc(NN)c(Cl)cc1Cl. The predicted octanol–water partition coefficient (Wildman–Crippen LogP) is 1.88. The van der Waals surface area contributed by atoms with E-state index in [1.165, 1.54) is 0 Å². The molecule has 0 radical (unpaired) electrons. The maximum absolute atomic E-state index is 9.04. The third-order valence-corrected chi connectivity index (χ3v) is 2.85. The van der Waals surface area contributed by atoms with Crippen molar-refractivity contribution in [1.82, 2.24) is 4.98 Å². The molecule has 0 fully saturated rings. The zero-order valence-corrected chi connectivity index (χ0v) is 11.3. The number of anilines is 2. The van der Waals surface area contributed by atoms with Crippen molar-refractivity contribution in [2.45, 2.75) is 19.9 Å². The van der Waals surface area contributed by atoms with Crippen molar-refractivity contribution in [3.63, 3.8) is 0 Å². The van der Waals surface area contributed by atoms with Gasteiger partial charge in [0, 0.05) is 12.6 Å². The number of aromatic nitrogens is 1. The standard InChI is InChI=1S/C10H16Cl2N4O/c1-6(2)16(3-4-17)10-8(12)5-7(11)9(14-10)15-13/h5-6,17H,3-4,13H2,1-2H3,(H,14,15). The second-order valence-corrected chi connectivity index (χ2v) is 4.59. The average molecular weight is 279 g/mol. The summed E-state index contributed by atoms with van der Waals surface area (Å²) in [5.74, 6) is 6.22. The number of pyridine rings is 1. The molecule has 1 rings (SSSR count). The molecule has 0 aliphatic rings. The summed E-state index contributed by atoms with van der Waals surface area (Å²) in [4.78, 5) is 6.12. The highest BCUT2D eigenvalue weighted by Gasteiger charge is 2.17. The molecule has 0 spiro atoms. The number of aliphatic hydroxyl groups is 1. The zero-order chi connectivity index (χ0) is 13.0. The van der Waals surface area contributed by atoms with E-state index in [4.69, 9.17) is 34.2 Å². The van der Waals surface area contributed by atoms with Crippen molar-refractivity contribution in [2.75, 3.05) is 23.5 Å². The third kappa shape index (κ3) is 3.35. The molecular formula is C10H16Cl2N4O. The predicted molar refractivity (Wildman–Crippen MR) is 71.6 cm³/mol. The minimum absolute atomic E-state index is 0.0181. The first-order valence-electron chi connectivity index (χ1n) is 5.21. The Morgan fingerprint density at radius 2 is 2.12 bits per heavy atom. The van der Waals surface area contributed by atoms with Crippen LogP contribution in [0.4, 0.5) is 11.6 Å². The molecule has 5 nitrogen and oxygen atoms in total. The van der Waals surface area contributed by atoms with Crippen LogP contribution in [0.3, 0.4) is 0 Å². The number of nitrogens with one attached hydrogen (secondary N) is 1. The van der Waals surface area contributed by atoms with Gasteiger partial charge >= 0.3 is 0 Å². The molecule has 1 heterocycles. The van der Waals surface area contributed by atoms with Crippen molar-refractivity contribution < 1.29 is 5.11 Å². The zero-order valence-electron chi connectivity index (χ0n) is 9.74. The Kier molecular flexibility index (Phi) is 5.27. The van der Waals surface area contributed by atoms with Gasteiger partial charge in [-0.3, -0.25) is 0 Å². The molecule has 17 heavy (non-hydrogen) atoms. The summed E-state index contributed by atoms with van der Waals surface area (Å²) >= 11 is 12.0. The Balaban J connectivity index is 3.18. The number of aliphatic hydroxyl groups excluding tert-OH is 1. The van der Waals surface area contributed by atoms with Crippen molar-refractivity contribution in [2.24, 2.45) is 5.84 Å². The minimum Gasteiger partial charge on any atom is -0.395 e. The highest BCUT2D eigenvalue weighted by Crippen LogP contribution is 2.31. The normalized spacial score (nSPS) is 10.8. The van der Waals surface area contributed by atoms with Crippen LogP contribution in [0, 0.1) is 0 Å². The third-order valence-electron chi connectivity index (χ3n) is 2.28. The van der Waals surface area contributed by atoms with E-state index in [1.807, 2.05) is 18.7 Å². The van der Waals surface area contributed by atoms with Gasteiger partial charge in [0.25, 0.3) is 0 Å². The summed E-state index contributed by atoms with van der Waals surface area (Å²) in [5.41, 5.74) is 2.41. The van der Waals surface area contributed by atoms with Crippen LogP contribution in [0.25, 0.3) is 0 Å². The fourth-order valence-corrected chi connectivity index (χ4v) is 2.00. The first-order valence-corrected chi connectivity index (χ1v) is 5.97. The van der Waals surface area contributed by atoms with Gasteiger partial charge < -0.3 is 15.4 Å². The molecule has 0 saturated carbocycles. The van der Waals surface area contributed by atoms with E-state index >= 15 is 0 Å². The molecular weight excluding hydrogens is 263 g/mol. The summed E-state index contributed by atoms with van der Waals surface area (Å²) in [6.45, 7) is 4.43. The lowest BCUT2D eigenvalue weighted by Gasteiger charge is -2.28. The lowest BCUT2D eigenvalue weighted by Crippen LogP contribution is -2.34. The van der Waals surface area contributed by atoms with E-state index in [1.54, 1.807) is 6.07 Å². The van der Waals surface area contributed by atoms with Crippen LogP contribution in [-0.4, -0.2) is 29.3 Å². The van der Waals surface area contributed by atoms with Crippen molar-refractivity contribution in [1.29, 1.82) is 0 Å². The van der Waals surface area contributed by atoms with Crippen molar-refractivity contribution in [3.05, 3.63) is 16.1 Å². The fraction of sp³-hybridized carbons (Fsp3) is 0.500. The lowest BCUT2D eigenvalue weighted by atomic mass is 10.3. The van der Waals surface area contributed by atoms with Crippen LogP contribution >= 0.6 is 23.2 Å². The topological polar surface area (TPSA) is 74.4 Å². The molecule has 0 aliphatic heterocycles. The number of halogens is 2. The molecule has 0 unspecified atom stereocenters. The van der Waals surface area contributed by atoms with Gasteiger partial charge in [-0.25, -0.2) is 10.8 Å². The number of hydrazine groups is 1. The Morgan fingerprint density at radius 3 is 2.59 bits per heavy atom. The first-order chi connectivity index (χ1) is 8.01. The molecule has 4 N–H and O–H groups in total. The van der Waals surface area contributed by atoms with E-state index in [0.717, 1.165) is 0 Å². The smallest absolute Gasteiger partial charge is 0.161 e. The van der Waals surface area contributed by atoms with Gasteiger partial charge in [-0.05, 0) is 19.9 Å². The monoisotopic (exact) mass is 278 g/mol. The summed E-state index contributed by atoms with van der Waals surface area (Å²) in [7, 11) is 0. The molecule has 1 aromatic heterocycles. The average Bonchev–Trinajstić information content (AvgIpc) is 2.26. The first kappa shape index (κ1) is 14.3. The van der Waals surface area contributed by atoms with Crippen LogP contribution in [0.2, 0.25) is 10.0 Å². The van der Waals surface area contributed by atoms with Gasteiger partial charge in [-0.2, -0.15) is 0 Å². The number of hydrogen-bond donors (Lipinski definition) is 3. The van der Waals surface area contributed by atoms with Gasteiger partial charge in [0.05, 0.1) is 16.7 Å². The highest BCUT2D eigenvalue weighted by atomic mass is 35.5. The van der Waals surface area contributed by atoms with Gasteiger partial charge in [-0.1, -0.05) is 23.2 Å². The minimum atomic E-state index is 0.0181. The van der Waals surface area contributed by atoms with Gasteiger partial charge in [0.15, 0.2) is 5.82 Å². The lowest BCUT2D eigenvalue weighted by molar-refractivity contribution is 0.298. The Bertz CT molecular complexity index is 387. The molecule has 96 valence electrons. The summed E-state index contributed by atoms with van der Waals surface area (Å²) in [5, 5.41) is 9.82. The van der Waals surface area contributed by atoms with E-state index in [2.05, 4.69) is 10.4 Å². The number of nitrogens with zero attached hydrogens (tertiary/aromatic N) is 2. The van der Waals surface area contributed by atoms with Crippen molar-refractivity contribution in [3.8, 4) is 0 Å². The van der Waals surface area contributed by atoms with E-state index in [0.29, 0.717) is 28.2 Å². The van der Waals surface area contributed by atoms with E-state index in [-0.39, 0.29) is 12.6 Å². The van der Waals surface area contributed by atoms with Gasteiger partial charge in [0.2, 0.25) is 0 Å². The quantitative estimate of drug-likeness (QED) is 0.567. The number of hydrogen-bond acceptors (Lipinski definition) is 5. The summed E-state index contributed by atoms with van der Waals surface area (Å²) < 4.78 is 0. The van der Waals surface area contributed by atoms with Crippen LogP contribution in [-0.2, 0) is 0 Å². The fourth-order valence-electron chi connectivity index (χ4n) is 1.48. The van der Waals surface area contributed by atoms with Crippen LogP contribution < -0.4 is 16.2 Å². The summed E-state index contributed by atoms with van der Waals surface area (Å²) in [6, 6.07) is 1.73. The molecule has 0 aliphatic carbocycles. The number of nitrogen functional groups attached to an aromatic ring is 1. The molecule has 1 aromatic rings. The highest BCUT2D eigenvalue weighted by molar-refractivity contribution is 6.37. The largest absolute Gasteiger partial charge is 0.395 e. The van der Waals surface area contributed by atoms with Gasteiger partial charge in [-0.15, -0.1) is 0 Å². The van der Waals surface area contributed by atoms with E-state index in [9.17, 15) is 0 Å². The van der Waals surface area contributed by atoms with Crippen LogP contribution in [0.15, 0.2) is 6.07 Å². The number of rotatable bonds is 5. The van der Waals surface area contributed by atoms with Crippen LogP contribution in [0.1, 0.15) is 13.8 Å². The molecule has 0 saturated heterocycles. The van der Waals surface area contributed by atoms with Crippen molar-refractivity contribution >= 4 is 34.8 Å². The Hall–Kier alpha value is -0.750. The van der Waals surface area contributed by atoms with Crippen LogP contribution in [0.5, 0.6) is 0 Å². The maximum atomic E-state index is 9.04. The molecule has 0 aromatic carbocycles. The second kappa shape index (κ2) is 6.26.